The molecule has 0 aliphatic heterocycles. The number of halogens is 1. The number of carbonyl (C=O) groups excluding carboxylic acids is 1. The zero-order valence-corrected chi connectivity index (χ0v) is 6.19. The van der Waals surface area contributed by atoms with E-state index in [1.807, 2.05) is 0 Å². The Balaban J connectivity index is 2.58. The number of hydrogen-bond acceptors (Lipinski definition) is 1. The van der Waals surface area contributed by atoms with E-state index in [2.05, 4.69) is 5.73 Å². The normalized spacial score (nSPS) is 13.9. The SMILES string of the molecule is O=C(CCCl)C1=C=CC=C1. The van der Waals surface area contributed by atoms with Crippen molar-refractivity contribution in [1.82, 2.24) is 0 Å². The minimum absolute atomic E-state index is 0.0694. The van der Waals surface area contributed by atoms with E-state index in [1.165, 1.54) is 0 Å². The maximum absolute atomic E-state index is 11.0. The topological polar surface area (TPSA) is 17.1 Å². The van der Waals surface area contributed by atoms with Gasteiger partial charge in [0.25, 0.3) is 0 Å². The summed E-state index contributed by atoms with van der Waals surface area (Å²) >= 11 is 5.38. The fraction of sp³-hybridized carbons (Fsp3) is 0.250. The van der Waals surface area contributed by atoms with Crippen molar-refractivity contribution in [3.8, 4) is 0 Å². The van der Waals surface area contributed by atoms with Gasteiger partial charge in [-0.3, -0.25) is 4.79 Å². The molecule has 0 bridgehead atoms. The Morgan fingerprint density at radius 3 is 3.00 bits per heavy atom. The van der Waals surface area contributed by atoms with Gasteiger partial charge in [-0.15, -0.1) is 17.3 Å². The summed E-state index contributed by atoms with van der Waals surface area (Å²) in [4.78, 5) is 11.0. The highest BCUT2D eigenvalue weighted by atomic mass is 35.5. The van der Waals surface area contributed by atoms with Crippen molar-refractivity contribution in [2.24, 2.45) is 0 Å². The minimum Gasteiger partial charge on any atom is -0.293 e. The second-order valence-electron chi connectivity index (χ2n) is 1.95. The predicted octanol–water partition coefficient (Wildman–Crippen LogP) is 1.84. The lowest BCUT2D eigenvalue weighted by atomic mass is 10.1. The van der Waals surface area contributed by atoms with Gasteiger partial charge < -0.3 is 0 Å². The molecule has 0 atom stereocenters. The zero-order chi connectivity index (χ0) is 7.40. The minimum atomic E-state index is 0.0694. The van der Waals surface area contributed by atoms with Crippen LogP contribution in [0.5, 0.6) is 0 Å². The third-order valence-electron chi connectivity index (χ3n) is 1.22. The van der Waals surface area contributed by atoms with Crippen LogP contribution in [0.15, 0.2) is 29.5 Å². The van der Waals surface area contributed by atoms with Crippen LogP contribution in [0, 0.1) is 0 Å². The Labute approximate surface area is 64.7 Å². The van der Waals surface area contributed by atoms with Crippen LogP contribution in [0.1, 0.15) is 6.42 Å². The summed E-state index contributed by atoms with van der Waals surface area (Å²) in [5, 5.41) is 0. The monoisotopic (exact) mass is 154 g/mol. The summed E-state index contributed by atoms with van der Waals surface area (Å²) in [7, 11) is 0. The van der Waals surface area contributed by atoms with Crippen molar-refractivity contribution in [1.29, 1.82) is 0 Å². The highest BCUT2D eigenvalue weighted by Crippen LogP contribution is 2.05. The molecule has 0 unspecified atom stereocenters. The van der Waals surface area contributed by atoms with Crippen LogP contribution in [-0.2, 0) is 4.79 Å². The lowest BCUT2D eigenvalue weighted by Crippen LogP contribution is -1.98. The second-order valence-corrected chi connectivity index (χ2v) is 2.32. The Kier molecular flexibility index (Phi) is 2.49. The summed E-state index contributed by atoms with van der Waals surface area (Å²) in [6.07, 6.45) is 5.67. The predicted molar refractivity (Wildman–Crippen MR) is 41.1 cm³/mol. The Morgan fingerprint density at radius 1 is 1.70 bits per heavy atom. The van der Waals surface area contributed by atoms with E-state index < -0.39 is 0 Å². The first-order valence-corrected chi connectivity index (χ1v) is 3.60. The third kappa shape index (κ3) is 1.60. The van der Waals surface area contributed by atoms with Gasteiger partial charge in [0.1, 0.15) is 0 Å². The molecule has 10 heavy (non-hydrogen) atoms. The standard InChI is InChI=1S/C8H7ClO/c9-6-5-8(10)7-3-1-2-4-7/h1-3H,5-6H2. The number of ketones is 1. The number of alkyl halides is 1. The summed E-state index contributed by atoms with van der Waals surface area (Å²) < 4.78 is 0. The van der Waals surface area contributed by atoms with E-state index in [4.69, 9.17) is 11.6 Å². The first-order valence-electron chi connectivity index (χ1n) is 3.07. The molecule has 0 aromatic carbocycles. The van der Waals surface area contributed by atoms with Crippen LogP contribution >= 0.6 is 11.6 Å². The van der Waals surface area contributed by atoms with E-state index in [9.17, 15) is 4.79 Å². The van der Waals surface area contributed by atoms with Crippen LogP contribution in [-0.4, -0.2) is 11.7 Å². The van der Waals surface area contributed by atoms with Crippen molar-refractivity contribution < 1.29 is 4.79 Å². The van der Waals surface area contributed by atoms with Gasteiger partial charge in [0.05, 0.1) is 5.57 Å². The van der Waals surface area contributed by atoms with E-state index in [0.29, 0.717) is 17.9 Å². The summed E-state index contributed by atoms with van der Waals surface area (Å²) in [5.41, 5.74) is 3.45. The molecular formula is C8H7ClO. The molecule has 0 aromatic heterocycles. The van der Waals surface area contributed by atoms with Gasteiger partial charge >= 0.3 is 0 Å². The molecule has 0 fully saturated rings. The maximum atomic E-state index is 11.0. The highest BCUT2D eigenvalue weighted by molar-refractivity contribution is 6.19. The number of rotatable bonds is 3. The number of carbonyl (C=O) groups is 1. The summed E-state index contributed by atoms with van der Waals surface area (Å²) in [6, 6.07) is 0. The first kappa shape index (κ1) is 7.33. The van der Waals surface area contributed by atoms with Gasteiger partial charge in [0.2, 0.25) is 0 Å². The van der Waals surface area contributed by atoms with Gasteiger partial charge in [0, 0.05) is 12.3 Å². The van der Waals surface area contributed by atoms with Crippen LogP contribution in [0.3, 0.4) is 0 Å². The average molecular weight is 155 g/mol. The van der Waals surface area contributed by atoms with Crippen LogP contribution in [0.4, 0.5) is 0 Å². The van der Waals surface area contributed by atoms with Crippen LogP contribution in [0.25, 0.3) is 0 Å². The van der Waals surface area contributed by atoms with Gasteiger partial charge in [-0.05, 0) is 12.2 Å². The zero-order valence-electron chi connectivity index (χ0n) is 5.43. The van der Waals surface area contributed by atoms with Crippen molar-refractivity contribution in [2.45, 2.75) is 6.42 Å². The number of allylic oxidation sites excluding steroid dienone is 3. The van der Waals surface area contributed by atoms with Crippen LogP contribution < -0.4 is 0 Å². The quantitative estimate of drug-likeness (QED) is 0.448. The molecule has 0 spiro atoms. The maximum Gasteiger partial charge on any atom is 0.171 e. The van der Waals surface area contributed by atoms with Crippen molar-refractivity contribution in [3.63, 3.8) is 0 Å². The van der Waals surface area contributed by atoms with Gasteiger partial charge in [0.15, 0.2) is 5.78 Å². The molecule has 0 saturated heterocycles. The van der Waals surface area contributed by atoms with Crippen molar-refractivity contribution in [3.05, 3.63) is 29.5 Å². The molecule has 52 valence electrons. The van der Waals surface area contributed by atoms with Gasteiger partial charge in [-0.2, -0.15) is 0 Å². The van der Waals surface area contributed by atoms with Crippen molar-refractivity contribution >= 4 is 17.4 Å². The fourth-order valence-corrected chi connectivity index (χ4v) is 0.896. The molecule has 1 rings (SSSR count). The van der Waals surface area contributed by atoms with E-state index in [1.54, 1.807) is 18.2 Å². The Hall–Kier alpha value is -0.780. The summed E-state index contributed by atoms with van der Waals surface area (Å²) in [5.74, 6) is 0.456. The van der Waals surface area contributed by atoms with E-state index in [0.717, 1.165) is 0 Å². The van der Waals surface area contributed by atoms with Gasteiger partial charge in [-0.25, -0.2) is 0 Å². The smallest absolute Gasteiger partial charge is 0.171 e. The van der Waals surface area contributed by atoms with Crippen LogP contribution in [0.2, 0.25) is 0 Å². The molecule has 2 heteroatoms. The number of hydrogen-bond donors (Lipinski definition) is 0. The van der Waals surface area contributed by atoms with E-state index in [-0.39, 0.29) is 5.78 Å². The Bertz CT molecular complexity index is 232. The molecule has 1 nitrogen and oxygen atoms in total. The second kappa shape index (κ2) is 3.40. The Morgan fingerprint density at radius 2 is 2.50 bits per heavy atom. The lowest BCUT2D eigenvalue weighted by molar-refractivity contribution is -0.114. The molecule has 0 N–H and O–H groups in total. The number of Topliss-reactive ketones (excluding diaryl/α,β-unsaturated/α-hetero) is 1. The molecule has 1 aliphatic rings. The fourth-order valence-electron chi connectivity index (χ4n) is 0.724. The molecular weight excluding hydrogens is 148 g/mol. The average Bonchev–Trinajstić information content (AvgIpc) is 2.38. The molecule has 0 heterocycles. The van der Waals surface area contributed by atoms with Gasteiger partial charge in [-0.1, -0.05) is 6.08 Å². The third-order valence-corrected chi connectivity index (χ3v) is 1.41. The summed E-state index contributed by atoms with van der Waals surface area (Å²) in [6.45, 7) is 0. The molecule has 0 saturated carbocycles. The lowest BCUT2D eigenvalue weighted by Gasteiger charge is -1.91. The largest absolute Gasteiger partial charge is 0.293 e. The first-order chi connectivity index (χ1) is 4.84. The molecule has 0 amide bonds. The van der Waals surface area contributed by atoms with E-state index >= 15 is 0 Å². The van der Waals surface area contributed by atoms with Crippen molar-refractivity contribution in [2.75, 3.05) is 5.88 Å². The highest BCUT2D eigenvalue weighted by Gasteiger charge is 2.05. The molecule has 0 radical (unpaired) electrons. The molecule has 0 aromatic rings. The molecule has 1 aliphatic carbocycles.